The Kier molecular flexibility index (Phi) is 5.98. The van der Waals surface area contributed by atoms with Gasteiger partial charge in [-0.05, 0) is 19.3 Å². The molecule has 17 heavy (non-hydrogen) atoms. The normalized spacial score (nSPS) is 24.4. The van der Waals surface area contributed by atoms with E-state index in [1.165, 1.54) is 13.3 Å². The second-order valence-electron chi connectivity index (χ2n) is 4.53. The van der Waals surface area contributed by atoms with Crippen molar-refractivity contribution >= 4 is 5.97 Å². The molecule has 1 saturated carbocycles. The van der Waals surface area contributed by atoms with Crippen molar-refractivity contribution in [2.45, 2.75) is 44.8 Å². The van der Waals surface area contributed by atoms with Gasteiger partial charge < -0.3 is 4.74 Å². The molecule has 0 heterocycles. The van der Waals surface area contributed by atoms with Crippen LogP contribution in [0.5, 0.6) is 0 Å². The van der Waals surface area contributed by atoms with Gasteiger partial charge in [0.2, 0.25) is 0 Å². The zero-order valence-corrected chi connectivity index (χ0v) is 10.7. The van der Waals surface area contributed by atoms with Gasteiger partial charge in [-0.15, -0.1) is 13.2 Å². The Morgan fingerprint density at radius 1 is 1.29 bits per heavy atom. The van der Waals surface area contributed by atoms with Gasteiger partial charge in [0.05, 0.1) is 0 Å². The Morgan fingerprint density at radius 2 is 1.88 bits per heavy atom. The monoisotopic (exact) mass is 237 g/mol. The van der Waals surface area contributed by atoms with E-state index in [2.05, 4.69) is 18.1 Å². The van der Waals surface area contributed by atoms with Gasteiger partial charge in [-0.3, -0.25) is 9.69 Å². The number of esters is 1. The van der Waals surface area contributed by atoms with Crippen LogP contribution in [0.25, 0.3) is 0 Å². The fourth-order valence-corrected chi connectivity index (χ4v) is 2.52. The largest absolute Gasteiger partial charge is 0.461 e. The third kappa shape index (κ3) is 4.35. The zero-order valence-electron chi connectivity index (χ0n) is 10.7. The van der Waals surface area contributed by atoms with Gasteiger partial charge in [0.1, 0.15) is 6.10 Å². The maximum Gasteiger partial charge on any atom is 0.302 e. The quantitative estimate of drug-likeness (QED) is 0.525. The van der Waals surface area contributed by atoms with Crippen molar-refractivity contribution in [1.82, 2.24) is 4.90 Å². The molecule has 0 aromatic carbocycles. The maximum absolute atomic E-state index is 11.1. The highest BCUT2D eigenvalue weighted by molar-refractivity contribution is 5.66. The number of carbonyl (C=O) groups excluding carboxylic acids is 1. The summed E-state index contributed by atoms with van der Waals surface area (Å²) < 4.78 is 5.43. The Morgan fingerprint density at radius 3 is 2.41 bits per heavy atom. The molecular weight excluding hydrogens is 214 g/mol. The molecule has 0 radical (unpaired) electrons. The predicted molar refractivity (Wildman–Crippen MR) is 69.8 cm³/mol. The molecule has 1 aliphatic rings. The lowest BCUT2D eigenvalue weighted by molar-refractivity contribution is -0.151. The highest BCUT2D eigenvalue weighted by Gasteiger charge is 2.31. The van der Waals surface area contributed by atoms with Crippen molar-refractivity contribution in [2.75, 3.05) is 13.1 Å². The summed E-state index contributed by atoms with van der Waals surface area (Å²) in [5.41, 5.74) is 0. The molecule has 96 valence electrons. The first-order chi connectivity index (χ1) is 8.19. The average molecular weight is 237 g/mol. The Labute approximate surface area is 104 Å². The number of nitrogens with zero attached hydrogens (tertiary/aromatic N) is 1. The van der Waals surface area contributed by atoms with Gasteiger partial charge in [-0.25, -0.2) is 0 Å². The van der Waals surface area contributed by atoms with E-state index < -0.39 is 0 Å². The second kappa shape index (κ2) is 7.28. The van der Waals surface area contributed by atoms with Crippen molar-refractivity contribution in [3.8, 4) is 0 Å². The van der Waals surface area contributed by atoms with Gasteiger partial charge >= 0.3 is 5.97 Å². The van der Waals surface area contributed by atoms with Crippen molar-refractivity contribution in [3.63, 3.8) is 0 Å². The minimum absolute atomic E-state index is 0.0288. The minimum atomic E-state index is -0.181. The molecule has 0 bridgehead atoms. The van der Waals surface area contributed by atoms with E-state index in [-0.39, 0.29) is 12.1 Å². The van der Waals surface area contributed by atoms with Gasteiger partial charge in [-0.1, -0.05) is 18.6 Å². The molecule has 0 N–H and O–H groups in total. The van der Waals surface area contributed by atoms with E-state index in [4.69, 9.17) is 4.74 Å². The molecule has 1 fully saturated rings. The molecule has 3 heteroatoms. The second-order valence-corrected chi connectivity index (χ2v) is 4.53. The van der Waals surface area contributed by atoms with E-state index in [0.29, 0.717) is 6.04 Å². The topological polar surface area (TPSA) is 29.5 Å². The number of carbonyl (C=O) groups is 1. The van der Waals surface area contributed by atoms with Crippen molar-refractivity contribution in [3.05, 3.63) is 25.3 Å². The van der Waals surface area contributed by atoms with E-state index >= 15 is 0 Å². The van der Waals surface area contributed by atoms with Crippen LogP contribution < -0.4 is 0 Å². The van der Waals surface area contributed by atoms with E-state index in [1.54, 1.807) is 0 Å². The first kappa shape index (κ1) is 14.0. The first-order valence-corrected chi connectivity index (χ1v) is 6.32. The van der Waals surface area contributed by atoms with Crippen LogP contribution >= 0.6 is 0 Å². The van der Waals surface area contributed by atoms with Crippen molar-refractivity contribution in [1.29, 1.82) is 0 Å². The van der Waals surface area contributed by atoms with Crippen molar-refractivity contribution in [2.24, 2.45) is 0 Å². The Bertz CT molecular complexity index is 265. The van der Waals surface area contributed by atoms with Gasteiger partial charge in [0.15, 0.2) is 0 Å². The smallest absolute Gasteiger partial charge is 0.302 e. The molecule has 0 aromatic rings. The third-order valence-corrected chi connectivity index (χ3v) is 3.18. The lowest BCUT2D eigenvalue weighted by Crippen LogP contribution is -2.47. The van der Waals surface area contributed by atoms with Crippen LogP contribution in [0, 0.1) is 0 Å². The molecule has 0 spiro atoms. The average Bonchev–Trinajstić information content (AvgIpc) is 2.29. The van der Waals surface area contributed by atoms with Crippen LogP contribution in [0.15, 0.2) is 25.3 Å². The Balaban J connectivity index is 2.68. The summed E-state index contributed by atoms with van der Waals surface area (Å²) in [4.78, 5) is 13.4. The maximum atomic E-state index is 11.1. The fourth-order valence-electron chi connectivity index (χ4n) is 2.52. The SMILES string of the molecule is C=CCN(CC=C)[C@@H]1CCCC[C@H]1OC(C)=O. The third-order valence-electron chi connectivity index (χ3n) is 3.18. The van der Waals surface area contributed by atoms with Crippen LogP contribution in [0.2, 0.25) is 0 Å². The molecular formula is C14H23NO2. The van der Waals surface area contributed by atoms with Gasteiger partial charge in [0.25, 0.3) is 0 Å². The predicted octanol–water partition coefficient (Wildman–Crippen LogP) is 2.53. The number of rotatable bonds is 6. The minimum Gasteiger partial charge on any atom is -0.461 e. The molecule has 1 rings (SSSR count). The van der Waals surface area contributed by atoms with Crippen LogP contribution in [0.3, 0.4) is 0 Å². The standard InChI is InChI=1S/C14H23NO2/c1-4-10-15(11-5-2)13-8-6-7-9-14(13)17-12(3)16/h4-5,13-14H,1-2,6-11H2,3H3/t13-,14-/m1/s1. The number of hydrogen-bond donors (Lipinski definition) is 0. The van der Waals surface area contributed by atoms with E-state index in [9.17, 15) is 4.79 Å². The summed E-state index contributed by atoms with van der Waals surface area (Å²) >= 11 is 0. The van der Waals surface area contributed by atoms with E-state index in [1.807, 2.05) is 12.2 Å². The summed E-state index contributed by atoms with van der Waals surface area (Å²) in [6.07, 6.45) is 8.21. The summed E-state index contributed by atoms with van der Waals surface area (Å²) in [7, 11) is 0. The van der Waals surface area contributed by atoms with E-state index in [0.717, 1.165) is 32.4 Å². The molecule has 0 aliphatic heterocycles. The molecule has 0 unspecified atom stereocenters. The summed E-state index contributed by atoms with van der Waals surface area (Å²) in [5.74, 6) is -0.181. The molecule has 3 nitrogen and oxygen atoms in total. The molecule has 2 atom stereocenters. The summed E-state index contributed by atoms with van der Waals surface area (Å²) in [6.45, 7) is 10.7. The Hall–Kier alpha value is -1.09. The molecule has 0 saturated heterocycles. The van der Waals surface area contributed by atoms with Crippen molar-refractivity contribution < 1.29 is 9.53 Å². The van der Waals surface area contributed by atoms with Crippen LogP contribution in [-0.4, -0.2) is 36.1 Å². The molecule has 1 aliphatic carbocycles. The van der Waals surface area contributed by atoms with Gasteiger partial charge in [0, 0.05) is 26.1 Å². The van der Waals surface area contributed by atoms with Crippen LogP contribution in [-0.2, 0) is 9.53 Å². The molecule has 0 amide bonds. The molecule has 0 aromatic heterocycles. The number of hydrogen-bond acceptors (Lipinski definition) is 3. The summed E-state index contributed by atoms with van der Waals surface area (Å²) in [5, 5.41) is 0. The highest BCUT2D eigenvalue weighted by Crippen LogP contribution is 2.25. The first-order valence-electron chi connectivity index (χ1n) is 6.32. The zero-order chi connectivity index (χ0) is 12.7. The fraction of sp³-hybridized carbons (Fsp3) is 0.643. The highest BCUT2D eigenvalue weighted by atomic mass is 16.5. The van der Waals surface area contributed by atoms with Gasteiger partial charge in [-0.2, -0.15) is 0 Å². The van der Waals surface area contributed by atoms with Crippen LogP contribution in [0.1, 0.15) is 32.6 Å². The number of ether oxygens (including phenoxy) is 1. The summed E-state index contributed by atoms with van der Waals surface area (Å²) in [6, 6.07) is 0.309. The lowest BCUT2D eigenvalue weighted by atomic mass is 9.91. The lowest BCUT2D eigenvalue weighted by Gasteiger charge is -2.38. The van der Waals surface area contributed by atoms with Crippen LogP contribution in [0.4, 0.5) is 0 Å².